The summed E-state index contributed by atoms with van der Waals surface area (Å²) in [6.07, 6.45) is -0.429. The Bertz CT molecular complexity index is 575. The number of anilines is 1. The van der Waals surface area contributed by atoms with Gasteiger partial charge in [-0.15, -0.1) is 0 Å². The predicted octanol–water partition coefficient (Wildman–Crippen LogP) is -0.672. The van der Waals surface area contributed by atoms with Gasteiger partial charge in [0.1, 0.15) is 5.75 Å². The van der Waals surface area contributed by atoms with Crippen LogP contribution in [0.15, 0.2) is 18.2 Å². The highest BCUT2D eigenvalue weighted by molar-refractivity contribution is 5.99. The maximum absolute atomic E-state index is 12.1. The molecule has 2 amide bonds. The van der Waals surface area contributed by atoms with Gasteiger partial charge in [0.15, 0.2) is 6.61 Å². The molecule has 0 radical (unpaired) electrons. The molecule has 1 saturated heterocycles. The second-order valence-corrected chi connectivity index (χ2v) is 5.24. The number of hydrogen-bond donors (Lipinski definition) is 4. The summed E-state index contributed by atoms with van der Waals surface area (Å²) in [6, 6.07) is 4.90. The van der Waals surface area contributed by atoms with Gasteiger partial charge in [0.2, 0.25) is 0 Å². The summed E-state index contributed by atoms with van der Waals surface area (Å²) in [4.78, 5) is 23.4. The Morgan fingerprint density at radius 1 is 1.43 bits per heavy atom. The van der Waals surface area contributed by atoms with E-state index in [1.807, 2.05) is 0 Å². The molecule has 21 heavy (non-hydrogen) atoms. The molecule has 7 nitrogen and oxygen atoms in total. The zero-order valence-electron chi connectivity index (χ0n) is 11.4. The highest BCUT2D eigenvalue weighted by Crippen LogP contribution is 2.28. The van der Waals surface area contributed by atoms with E-state index in [0.717, 1.165) is 0 Å². The lowest BCUT2D eigenvalue weighted by Gasteiger charge is -2.19. The summed E-state index contributed by atoms with van der Waals surface area (Å²) in [5, 5.41) is 18.2. The molecule has 1 aromatic rings. The molecule has 0 aromatic heterocycles. The Hall–Kier alpha value is -2.12. The number of fused-ring (bicyclic) bond motifs is 1. The maximum Gasteiger partial charge on any atom is 0.262 e. The molecule has 2 heterocycles. The van der Waals surface area contributed by atoms with Crippen molar-refractivity contribution < 1.29 is 19.4 Å². The molecule has 2 aliphatic heterocycles. The molecule has 4 N–H and O–H groups in total. The van der Waals surface area contributed by atoms with E-state index in [0.29, 0.717) is 36.6 Å². The molecule has 3 rings (SSSR count). The Balaban J connectivity index is 1.64. The lowest BCUT2D eigenvalue weighted by atomic mass is 10.1. The van der Waals surface area contributed by atoms with Gasteiger partial charge in [0, 0.05) is 31.1 Å². The molecule has 7 heteroatoms. The lowest BCUT2D eigenvalue weighted by Crippen LogP contribution is -2.34. The molecule has 1 fully saturated rings. The van der Waals surface area contributed by atoms with Gasteiger partial charge in [-0.1, -0.05) is 0 Å². The lowest BCUT2D eigenvalue weighted by molar-refractivity contribution is -0.118. The zero-order chi connectivity index (χ0) is 14.8. The van der Waals surface area contributed by atoms with Gasteiger partial charge in [-0.2, -0.15) is 0 Å². The van der Waals surface area contributed by atoms with E-state index in [1.54, 1.807) is 18.2 Å². The third kappa shape index (κ3) is 2.98. The fourth-order valence-electron chi connectivity index (χ4n) is 2.48. The Kier molecular flexibility index (Phi) is 3.76. The highest BCUT2D eigenvalue weighted by Gasteiger charge is 2.25. The van der Waals surface area contributed by atoms with E-state index in [4.69, 9.17) is 4.74 Å². The van der Waals surface area contributed by atoms with Crippen LogP contribution < -0.4 is 20.7 Å². The van der Waals surface area contributed by atoms with Crippen molar-refractivity contribution in [3.63, 3.8) is 0 Å². The fraction of sp³-hybridized carbons (Fsp3) is 0.429. The van der Waals surface area contributed by atoms with Crippen LogP contribution in [0, 0.1) is 5.92 Å². The number of benzene rings is 1. The average molecular weight is 291 g/mol. The highest BCUT2D eigenvalue weighted by atomic mass is 16.5. The summed E-state index contributed by atoms with van der Waals surface area (Å²) in [7, 11) is 0. The standard InChI is InChI=1S/C14H17N3O4/c18-11-6-15-4-9(11)5-16-14(20)8-1-2-12-10(3-8)17-13(19)7-21-12/h1-3,9,11,15,18H,4-7H2,(H,16,20)(H,17,19). The van der Waals surface area contributed by atoms with Crippen molar-refractivity contribution in [3.8, 4) is 5.75 Å². The fourth-order valence-corrected chi connectivity index (χ4v) is 2.48. The minimum Gasteiger partial charge on any atom is -0.482 e. The van der Waals surface area contributed by atoms with Crippen LogP contribution in [0.1, 0.15) is 10.4 Å². The first-order valence-corrected chi connectivity index (χ1v) is 6.87. The van der Waals surface area contributed by atoms with Crippen molar-refractivity contribution in [1.82, 2.24) is 10.6 Å². The number of aliphatic hydroxyl groups excluding tert-OH is 1. The zero-order valence-corrected chi connectivity index (χ0v) is 11.4. The molecular weight excluding hydrogens is 274 g/mol. The summed E-state index contributed by atoms with van der Waals surface area (Å²) in [5.41, 5.74) is 0.946. The normalized spacial score (nSPS) is 24.0. The minimum absolute atomic E-state index is 0.00882. The molecule has 0 aliphatic carbocycles. The first-order valence-electron chi connectivity index (χ1n) is 6.87. The number of nitrogens with one attached hydrogen (secondary N) is 3. The first-order chi connectivity index (χ1) is 10.1. The quantitative estimate of drug-likeness (QED) is 0.592. The first kappa shape index (κ1) is 13.8. The van der Waals surface area contributed by atoms with Gasteiger partial charge in [-0.25, -0.2) is 0 Å². The van der Waals surface area contributed by atoms with Crippen LogP contribution in [0.2, 0.25) is 0 Å². The van der Waals surface area contributed by atoms with Crippen LogP contribution >= 0.6 is 0 Å². The monoisotopic (exact) mass is 291 g/mol. The Morgan fingerprint density at radius 3 is 3.05 bits per heavy atom. The summed E-state index contributed by atoms with van der Waals surface area (Å²) >= 11 is 0. The molecule has 0 saturated carbocycles. The second kappa shape index (κ2) is 5.71. The van der Waals surface area contributed by atoms with Crippen molar-refractivity contribution in [2.24, 2.45) is 5.92 Å². The van der Waals surface area contributed by atoms with E-state index < -0.39 is 6.10 Å². The second-order valence-electron chi connectivity index (χ2n) is 5.24. The van der Waals surface area contributed by atoms with Crippen molar-refractivity contribution in [3.05, 3.63) is 23.8 Å². The van der Waals surface area contributed by atoms with E-state index >= 15 is 0 Å². The van der Waals surface area contributed by atoms with Crippen LogP contribution in [0.4, 0.5) is 5.69 Å². The van der Waals surface area contributed by atoms with Crippen LogP contribution in [0.5, 0.6) is 5.75 Å². The van der Waals surface area contributed by atoms with Crippen molar-refractivity contribution in [2.45, 2.75) is 6.10 Å². The number of carbonyl (C=O) groups is 2. The molecule has 0 spiro atoms. The molecule has 2 aliphatic rings. The van der Waals surface area contributed by atoms with Crippen LogP contribution in [-0.2, 0) is 4.79 Å². The summed E-state index contributed by atoms with van der Waals surface area (Å²) in [6.45, 7) is 1.65. The molecular formula is C14H17N3O4. The van der Waals surface area contributed by atoms with Crippen LogP contribution in [-0.4, -0.2) is 49.3 Å². The largest absolute Gasteiger partial charge is 0.482 e. The minimum atomic E-state index is -0.429. The van der Waals surface area contributed by atoms with E-state index in [9.17, 15) is 14.7 Å². The van der Waals surface area contributed by atoms with E-state index in [2.05, 4.69) is 16.0 Å². The predicted molar refractivity (Wildman–Crippen MR) is 75.3 cm³/mol. The average Bonchev–Trinajstić information content (AvgIpc) is 2.89. The van der Waals surface area contributed by atoms with Gasteiger partial charge in [0.25, 0.3) is 11.8 Å². The third-order valence-corrected chi connectivity index (χ3v) is 3.70. The topological polar surface area (TPSA) is 99.7 Å². The molecule has 2 unspecified atom stereocenters. The van der Waals surface area contributed by atoms with Crippen molar-refractivity contribution in [1.29, 1.82) is 0 Å². The number of β-amino-alcohol motifs (C(OH)–C–C–N with tert-alkyl or cyclic N) is 1. The van der Waals surface area contributed by atoms with Crippen LogP contribution in [0.25, 0.3) is 0 Å². The number of ether oxygens (including phenoxy) is 1. The van der Waals surface area contributed by atoms with Crippen molar-refractivity contribution in [2.75, 3.05) is 31.6 Å². The van der Waals surface area contributed by atoms with Gasteiger partial charge >= 0.3 is 0 Å². The SMILES string of the molecule is O=C1COc2ccc(C(=O)NCC3CNCC3O)cc2N1. The van der Waals surface area contributed by atoms with Gasteiger partial charge in [-0.3, -0.25) is 9.59 Å². The van der Waals surface area contributed by atoms with Gasteiger partial charge < -0.3 is 25.8 Å². The number of hydrogen-bond acceptors (Lipinski definition) is 5. The summed E-state index contributed by atoms with van der Waals surface area (Å²) < 4.78 is 5.24. The maximum atomic E-state index is 12.1. The Morgan fingerprint density at radius 2 is 2.29 bits per heavy atom. The molecule has 112 valence electrons. The van der Waals surface area contributed by atoms with Gasteiger partial charge in [-0.05, 0) is 18.2 Å². The van der Waals surface area contributed by atoms with E-state index in [-0.39, 0.29) is 24.3 Å². The number of carbonyl (C=O) groups excluding carboxylic acids is 2. The molecule has 2 atom stereocenters. The number of amides is 2. The van der Waals surface area contributed by atoms with Crippen molar-refractivity contribution >= 4 is 17.5 Å². The molecule has 1 aromatic carbocycles. The van der Waals surface area contributed by atoms with Gasteiger partial charge in [0.05, 0.1) is 11.8 Å². The number of rotatable bonds is 3. The summed E-state index contributed by atoms with van der Waals surface area (Å²) in [5.74, 6) is 0.105. The number of aliphatic hydroxyl groups is 1. The Labute approximate surface area is 121 Å². The van der Waals surface area contributed by atoms with Crippen LogP contribution in [0.3, 0.4) is 0 Å². The molecule has 0 bridgehead atoms. The third-order valence-electron chi connectivity index (χ3n) is 3.70. The smallest absolute Gasteiger partial charge is 0.262 e. The van der Waals surface area contributed by atoms with E-state index in [1.165, 1.54) is 0 Å².